The third kappa shape index (κ3) is 1.71. The van der Waals surface area contributed by atoms with Gasteiger partial charge in [-0.05, 0) is 30.4 Å². The molecule has 0 bridgehead atoms. The first-order valence-electron chi connectivity index (χ1n) is 3.30. The molecule has 1 aromatic heterocycles. The van der Waals surface area contributed by atoms with Crippen LogP contribution >= 0.6 is 27.3 Å². The van der Waals surface area contributed by atoms with Crippen LogP contribution in [-0.4, -0.2) is 6.29 Å². The number of thiophene rings is 1. The van der Waals surface area contributed by atoms with Crippen molar-refractivity contribution in [1.82, 2.24) is 0 Å². The number of hydrogen-bond donors (Lipinski definition) is 0. The van der Waals surface area contributed by atoms with Gasteiger partial charge in [0, 0.05) is 4.88 Å². The number of rotatable bonds is 2. The van der Waals surface area contributed by atoms with Crippen LogP contribution in [-0.2, 0) is 4.79 Å². The van der Waals surface area contributed by atoms with Crippen molar-refractivity contribution in [2.45, 2.75) is 18.7 Å². The summed E-state index contributed by atoms with van der Waals surface area (Å²) in [5.41, 5.74) is 2.33. The first-order chi connectivity index (χ1) is 5.16. The Labute approximate surface area is 78.6 Å². The Morgan fingerprint density at radius 3 is 2.64 bits per heavy atom. The second kappa shape index (κ2) is 3.50. The number of hydrogen-bond acceptors (Lipinski definition) is 2. The zero-order chi connectivity index (χ0) is 8.43. The van der Waals surface area contributed by atoms with E-state index in [2.05, 4.69) is 21.3 Å². The number of aryl methyl sites for hydroxylation is 2. The molecule has 0 aromatic carbocycles. The van der Waals surface area contributed by atoms with Crippen LogP contribution in [0.3, 0.4) is 0 Å². The van der Waals surface area contributed by atoms with E-state index >= 15 is 0 Å². The molecule has 1 atom stereocenters. The summed E-state index contributed by atoms with van der Waals surface area (Å²) < 4.78 is 0. The van der Waals surface area contributed by atoms with Gasteiger partial charge in [0.1, 0.15) is 6.29 Å². The van der Waals surface area contributed by atoms with E-state index in [1.165, 1.54) is 10.4 Å². The number of halogens is 1. The quantitative estimate of drug-likeness (QED) is 0.566. The fraction of sp³-hybridized carbons (Fsp3) is 0.375. The van der Waals surface area contributed by atoms with E-state index in [0.29, 0.717) is 0 Å². The smallest absolute Gasteiger partial charge is 0.138 e. The van der Waals surface area contributed by atoms with Gasteiger partial charge in [0.25, 0.3) is 0 Å². The van der Waals surface area contributed by atoms with E-state index in [0.717, 1.165) is 11.8 Å². The summed E-state index contributed by atoms with van der Waals surface area (Å²) in [5.74, 6) is 0. The molecule has 0 N–H and O–H groups in total. The van der Waals surface area contributed by atoms with Gasteiger partial charge in [-0.2, -0.15) is 0 Å². The maximum atomic E-state index is 10.5. The third-order valence-electron chi connectivity index (χ3n) is 1.61. The monoisotopic (exact) mass is 232 g/mol. The molecule has 0 radical (unpaired) electrons. The van der Waals surface area contributed by atoms with Gasteiger partial charge in [0.2, 0.25) is 0 Å². The van der Waals surface area contributed by atoms with E-state index < -0.39 is 0 Å². The average Bonchev–Trinajstić information content (AvgIpc) is 2.30. The maximum absolute atomic E-state index is 10.5. The highest BCUT2D eigenvalue weighted by molar-refractivity contribution is 9.09. The Balaban J connectivity index is 3.09. The van der Waals surface area contributed by atoms with Gasteiger partial charge >= 0.3 is 0 Å². The molecule has 0 aliphatic carbocycles. The predicted molar refractivity (Wildman–Crippen MR) is 51.5 cm³/mol. The minimum Gasteiger partial charge on any atom is -0.302 e. The zero-order valence-electron chi connectivity index (χ0n) is 6.43. The summed E-state index contributed by atoms with van der Waals surface area (Å²) in [7, 11) is 0. The van der Waals surface area contributed by atoms with E-state index in [9.17, 15) is 4.79 Å². The second-order valence-electron chi connectivity index (χ2n) is 2.43. The van der Waals surface area contributed by atoms with Crippen LogP contribution < -0.4 is 0 Å². The van der Waals surface area contributed by atoms with Gasteiger partial charge in [-0.25, -0.2) is 0 Å². The molecule has 0 aliphatic heterocycles. The van der Waals surface area contributed by atoms with Crippen molar-refractivity contribution in [2.75, 3.05) is 0 Å². The lowest BCUT2D eigenvalue weighted by molar-refractivity contribution is -0.107. The van der Waals surface area contributed by atoms with Crippen molar-refractivity contribution in [3.8, 4) is 0 Å². The Hall–Kier alpha value is -0.150. The lowest BCUT2D eigenvalue weighted by atomic mass is 10.1. The Morgan fingerprint density at radius 2 is 2.27 bits per heavy atom. The molecule has 1 unspecified atom stereocenters. The van der Waals surface area contributed by atoms with Crippen LogP contribution in [0.4, 0.5) is 0 Å². The summed E-state index contributed by atoms with van der Waals surface area (Å²) in [4.78, 5) is 11.6. The molecule has 1 nitrogen and oxygen atoms in total. The number of alkyl halides is 1. The highest BCUT2D eigenvalue weighted by Crippen LogP contribution is 2.30. The summed E-state index contributed by atoms with van der Waals surface area (Å²) in [6, 6.07) is 0. The van der Waals surface area contributed by atoms with Crippen LogP contribution in [0.5, 0.6) is 0 Å². The van der Waals surface area contributed by atoms with Crippen LogP contribution in [0.2, 0.25) is 0 Å². The van der Waals surface area contributed by atoms with Crippen LogP contribution in [0.25, 0.3) is 0 Å². The van der Waals surface area contributed by atoms with Gasteiger partial charge < -0.3 is 4.79 Å². The lowest BCUT2D eigenvalue weighted by Gasteiger charge is -2.01. The number of carbonyl (C=O) groups is 1. The van der Waals surface area contributed by atoms with E-state index in [-0.39, 0.29) is 4.83 Å². The normalized spacial score (nSPS) is 13.0. The molecule has 11 heavy (non-hydrogen) atoms. The molecule has 60 valence electrons. The standard InChI is InChI=1S/C8H9BrOS/c1-5-4-11-6(2)8(5)7(9)3-10/h3-4,7H,1-2H3. The van der Waals surface area contributed by atoms with Crippen LogP contribution in [0.1, 0.15) is 20.8 Å². The molecule has 1 aromatic rings. The fourth-order valence-electron chi connectivity index (χ4n) is 1.06. The molecule has 0 saturated carbocycles. The fourth-order valence-corrected chi connectivity index (χ4v) is 2.81. The minimum absolute atomic E-state index is 0.131. The molecule has 0 amide bonds. The maximum Gasteiger partial charge on any atom is 0.138 e. The highest BCUT2D eigenvalue weighted by Gasteiger charge is 2.12. The van der Waals surface area contributed by atoms with Gasteiger partial charge in [-0.15, -0.1) is 11.3 Å². The molecule has 1 rings (SSSR count). The Morgan fingerprint density at radius 1 is 1.64 bits per heavy atom. The third-order valence-corrected chi connectivity index (χ3v) is 3.33. The summed E-state index contributed by atoms with van der Waals surface area (Å²) in [6.07, 6.45) is 0.919. The Bertz CT molecular complexity index is 248. The van der Waals surface area contributed by atoms with Gasteiger partial charge in [-0.1, -0.05) is 15.9 Å². The summed E-state index contributed by atoms with van der Waals surface area (Å²) >= 11 is 4.99. The lowest BCUT2D eigenvalue weighted by Crippen LogP contribution is -1.92. The van der Waals surface area contributed by atoms with E-state index in [4.69, 9.17) is 0 Å². The second-order valence-corrected chi connectivity index (χ2v) is 4.50. The average molecular weight is 233 g/mol. The van der Waals surface area contributed by atoms with E-state index in [1.807, 2.05) is 13.8 Å². The van der Waals surface area contributed by atoms with Crippen molar-refractivity contribution in [3.05, 3.63) is 21.4 Å². The van der Waals surface area contributed by atoms with Crippen molar-refractivity contribution in [2.24, 2.45) is 0 Å². The van der Waals surface area contributed by atoms with Gasteiger partial charge in [0.15, 0.2) is 0 Å². The van der Waals surface area contributed by atoms with Gasteiger partial charge in [0.05, 0.1) is 4.83 Å². The number of carbonyl (C=O) groups excluding carboxylic acids is 1. The molecule has 1 heterocycles. The molecule has 0 spiro atoms. The Kier molecular flexibility index (Phi) is 2.84. The van der Waals surface area contributed by atoms with Crippen molar-refractivity contribution >= 4 is 33.6 Å². The molecular formula is C8H9BrOS. The largest absolute Gasteiger partial charge is 0.302 e. The van der Waals surface area contributed by atoms with E-state index in [1.54, 1.807) is 11.3 Å². The predicted octanol–water partition coefficient (Wildman–Crippen LogP) is 3.00. The summed E-state index contributed by atoms with van der Waals surface area (Å²) in [5, 5.41) is 2.07. The SMILES string of the molecule is Cc1csc(C)c1C(Br)C=O. The zero-order valence-corrected chi connectivity index (χ0v) is 8.83. The van der Waals surface area contributed by atoms with Crippen LogP contribution in [0, 0.1) is 13.8 Å². The van der Waals surface area contributed by atoms with Crippen LogP contribution in [0.15, 0.2) is 5.38 Å². The topological polar surface area (TPSA) is 17.1 Å². The molecular weight excluding hydrogens is 224 g/mol. The van der Waals surface area contributed by atoms with Crippen molar-refractivity contribution in [3.63, 3.8) is 0 Å². The number of aldehydes is 1. The van der Waals surface area contributed by atoms with Gasteiger partial charge in [-0.3, -0.25) is 0 Å². The van der Waals surface area contributed by atoms with Crippen molar-refractivity contribution in [1.29, 1.82) is 0 Å². The first kappa shape index (κ1) is 8.94. The highest BCUT2D eigenvalue weighted by atomic mass is 79.9. The molecule has 3 heteroatoms. The minimum atomic E-state index is -0.131. The molecule has 0 fully saturated rings. The van der Waals surface area contributed by atoms with Crippen molar-refractivity contribution < 1.29 is 4.79 Å². The first-order valence-corrected chi connectivity index (χ1v) is 5.10. The molecule has 0 aliphatic rings. The molecule has 0 saturated heterocycles. The summed E-state index contributed by atoms with van der Waals surface area (Å²) in [6.45, 7) is 4.06.